The van der Waals surface area contributed by atoms with Gasteiger partial charge in [0.05, 0.1) is 0 Å². The molecule has 1 amide bonds. The molecule has 1 aliphatic carbocycles. The molecule has 17 heavy (non-hydrogen) atoms. The molecule has 1 aliphatic heterocycles. The molecule has 0 bridgehead atoms. The van der Waals surface area contributed by atoms with E-state index in [4.69, 9.17) is 0 Å². The first kappa shape index (κ1) is 10.8. The third kappa shape index (κ3) is 2.07. The first-order valence-electron chi connectivity index (χ1n) is 6.47. The van der Waals surface area contributed by atoms with Crippen LogP contribution in [0.15, 0.2) is 18.2 Å². The van der Waals surface area contributed by atoms with Crippen LogP contribution >= 0.6 is 0 Å². The quantitative estimate of drug-likeness (QED) is 0.815. The fourth-order valence-electron chi connectivity index (χ4n) is 2.88. The lowest BCUT2D eigenvalue weighted by Gasteiger charge is -2.13. The number of nitrogens with one attached hydrogen (secondary N) is 2. The van der Waals surface area contributed by atoms with Gasteiger partial charge in [-0.2, -0.15) is 0 Å². The molecule has 90 valence electrons. The summed E-state index contributed by atoms with van der Waals surface area (Å²) in [6.07, 6.45) is 4.77. The molecule has 2 N–H and O–H groups in total. The maximum atomic E-state index is 12.2. The molecule has 0 radical (unpaired) electrons. The van der Waals surface area contributed by atoms with Gasteiger partial charge in [-0.05, 0) is 30.0 Å². The standard InChI is InChI=1S/C14H18N2O/c17-14(16-11-5-1-2-6-11)12-7-3-4-10-8-15-9-13(10)12/h3-4,7,11,15H,1-2,5-6,8-9H2,(H,16,17). The minimum absolute atomic E-state index is 0.109. The number of amides is 1. The van der Waals surface area contributed by atoms with Crippen molar-refractivity contribution in [2.45, 2.75) is 44.8 Å². The predicted molar refractivity (Wildman–Crippen MR) is 66.7 cm³/mol. The summed E-state index contributed by atoms with van der Waals surface area (Å²) in [5, 5.41) is 6.45. The van der Waals surface area contributed by atoms with Gasteiger partial charge in [0.15, 0.2) is 0 Å². The zero-order valence-electron chi connectivity index (χ0n) is 9.96. The number of fused-ring (bicyclic) bond motifs is 1. The van der Waals surface area contributed by atoms with E-state index in [-0.39, 0.29) is 5.91 Å². The van der Waals surface area contributed by atoms with E-state index in [0.29, 0.717) is 6.04 Å². The van der Waals surface area contributed by atoms with E-state index in [1.165, 1.54) is 24.0 Å². The number of hydrogen-bond donors (Lipinski definition) is 2. The fourth-order valence-corrected chi connectivity index (χ4v) is 2.88. The molecule has 3 nitrogen and oxygen atoms in total. The molecule has 1 heterocycles. The first-order valence-corrected chi connectivity index (χ1v) is 6.47. The third-order valence-electron chi connectivity index (χ3n) is 3.83. The number of carbonyl (C=O) groups excluding carboxylic acids is 1. The van der Waals surface area contributed by atoms with Crippen molar-refractivity contribution in [1.82, 2.24) is 10.6 Å². The lowest BCUT2D eigenvalue weighted by atomic mass is 10.0. The Kier molecular flexibility index (Phi) is 2.85. The lowest BCUT2D eigenvalue weighted by Crippen LogP contribution is -2.33. The molecule has 1 aromatic carbocycles. The van der Waals surface area contributed by atoms with E-state index >= 15 is 0 Å². The monoisotopic (exact) mass is 230 g/mol. The van der Waals surface area contributed by atoms with Crippen LogP contribution < -0.4 is 10.6 Å². The Morgan fingerprint density at radius 2 is 2.06 bits per heavy atom. The maximum absolute atomic E-state index is 12.2. The average molecular weight is 230 g/mol. The Balaban J connectivity index is 1.79. The number of benzene rings is 1. The van der Waals surface area contributed by atoms with Crippen molar-refractivity contribution in [3.63, 3.8) is 0 Å². The summed E-state index contributed by atoms with van der Waals surface area (Å²) in [6, 6.07) is 6.42. The molecular weight excluding hydrogens is 212 g/mol. The van der Waals surface area contributed by atoms with Crippen LogP contribution in [0.3, 0.4) is 0 Å². The summed E-state index contributed by atoms with van der Waals surface area (Å²) in [4.78, 5) is 12.2. The van der Waals surface area contributed by atoms with Gasteiger partial charge in [-0.1, -0.05) is 25.0 Å². The van der Waals surface area contributed by atoms with Crippen molar-refractivity contribution < 1.29 is 4.79 Å². The molecular formula is C14H18N2O. The Morgan fingerprint density at radius 3 is 2.88 bits per heavy atom. The van der Waals surface area contributed by atoms with Crippen LogP contribution in [0, 0.1) is 0 Å². The van der Waals surface area contributed by atoms with Gasteiger partial charge < -0.3 is 10.6 Å². The number of rotatable bonds is 2. The Bertz CT molecular complexity index is 436. The molecule has 1 fully saturated rings. The van der Waals surface area contributed by atoms with E-state index in [2.05, 4.69) is 16.7 Å². The smallest absolute Gasteiger partial charge is 0.251 e. The highest BCUT2D eigenvalue weighted by Crippen LogP contribution is 2.22. The molecule has 0 atom stereocenters. The van der Waals surface area contributed by atoms with Gasteiger partial charge in [-0.25, -0.2) is 0 Å². The topological polar surface area (TPSA) is 41.1 Å². The van der Waals surface area contributed by atoms with Crippen LogP contribution in [0.2, 0.25) is 0 Å². The van der Waals surface area contributed by atoms with E-state index in [1.54, 1.807) is 0 Å². The highest BCUT2D eigenvalue weighted by Gasteiger charge is 2.22. The second kappa shape index (κ2) is 4.49. The van der Waals surface area contributed by atoms with Gasteiger partial charge in [0.2, 0.25) is 0 Å². The van der Waals surface area contributed by atoms with Crippen LogP contribution in [-0.4, -0.2) is 11.9 Å². The van der Waals surface area contributed by atoms with Gasteiger partial charge in [0, 0.05) is 24.7 Å². The summed E-state index contributed by atoms with van der Waals surface area (Å²) in [7, 11) is 0. The largest absolute Gasteiger partial charge is 0.349 e. The average Bonchev–Trinajstić information content (AvgIpc) is 2.97. The van der Waals surface area contributed by atoms with Crippen LogP contribution in [-0.2, 0) is 13.1 Å². The van der Waals surface area contributed by atoms with Crippen molar-refractivity contribution in [2.75, 3.05) is 0 Å². The minimum atomic E-state index is 0.109. The summed E-state index contributed by atoms with van der Waals surface area (Å²) < 4.78 is 0. The van der Waals surface area contributed by atoms with Gasteiger partial charge in [0.25, 0.3) is 5.91 Å². The Morgan fingerprint density at radius 1 is 1.24 bits per heavy atom. The second-order valence-corrected chi connectivity index (χ2v) is 5.00. The van der Waals surface area contributed by atoms with Crippen molar-refractivity contribution >= 4 is 5.91 Å². The Labute approximate surface area is 102 Å². The molecule has 1 saturated carbocycles. The summed E-state index contributed by atoms with van der Waals surface area (Å²) in [5.41, 5.74) is 3.31. The van der Waals surface area contributed by atoms with Crippen LogP contribution in [0.4, 0.5) is 0 Å². The molecule has 3 heteroatoms. The van der Waals surface area contributed by atoms with E-state index < -0.39 is 0 Å². The number of carbonyl (C=O) groups is 1. The van der Waals surface area contributed by atoms with Crippen LogP contribution in [0.5, 0.6) is 0 Å². The van der Waals surface area contributed by atoms with Crippen LogP contribution in [0.1, 0.15) is 47.2 Å². The summed E-state index contributed by atoms with van der Waals surface area (Å²) in [6.45, 7) is 1.71. The normalized spacial score (nSPS) is 19.3. The predicted octanol–water partition coefficient (Wildman–Crippen LogP) is 1.96. The third-order valence-corrected chi connectivity index (χ3v) is 3.83. The molecule has 3 rings (SSSR count). The molecule has 1 aromatic rings. The maximum Gasteiger partial charge on any atom is 0.251 e. The van der Waals surface area contributed by atoms with Gasteiger partial charge in [-0.15, -0.1) is 0 Å². The van der Waals surface area contributed by atoms with Gasteiger partial charge >= 0.3 is 0 Å². The van der Waals surface area contributed by atoms with E-state index in [0.717, 1.165) is 31.5 Å². The van der Waals surface area contributed by atoms with E-state index in [9.17, 15) is 4.79 Å². The fraction of sp³-hybridized carbons (Fsp3) is 0.500. The van der Waals surface area contributed by atoms with Crippen molar-refractivity contribution in [3.05, 3.63) is 34.9 Å². The zero-order valence-corrected chi connectivity index (χ0v) is 9.96. The number of hydrogen-bond acceptors (Lipinski definition) is 2. The van der Waals surface area contributed by atoms with E-state index in [1.807, 2.05) is 12.1 Å². The second-order valence-electron chi connectivity index (χ2n) is 5.00. The van der Waals surface area contributed by atoms with Gasteiger partial charge in [0.1, 0.15) is 0 Å². The summed E-state index contributed by atoms with van der Waals surface area (Å²) >= 11 is 0. The highest BCUT2D eigenvalue weighted by atomic mass is 16.1. The highest BCUT2D eigenvalue weighted by molar-refractivity contribution is 5.96. The molecule has 0 saturated heterocycles. The molecule has 2 aliphatic rings. The molecule has 0 unspecified atom stereocenters. The first-order chi connectivity index (χ1) is 8.34. The summed E-state index contributed by atoms with van der Waals surface area (Å²) in [5.74, 6) is 0.109. The van der Waals surface area contributed by atoms with Crippen molar-refractivity contribution in [2.24, 2.45) is 0 Å². The minimum Gasteiger partial charge on any atom is -0.349 e. The van der Waals surface area contributed by atoms with Crippen molar-refractivity contribution in [3.8, 4) is 0 Å². The molecule has 0 aromatic heterocycles. The zero-order chi connectivity index (χ0) is 11.7. The Hall–Kier alpha value is -1.35. The van der Waals surface area contributed by atoms with Gasteiger partial charge in [-0.3, -0.25) is 4.79 Å². The molecule has 0 spiro atoms. The van der Waals surface area contributed by atoms with Crippen LogP contribution in [0.25, 0.3) is 0 Å². The SMILES string of the molecule is O=C(NC1CCCC1)c1cccc2c1CNC2. The lowest BCUT2D eigenvalue weighted by molar-refractivity contribution is 0.0937. The van der Waals surface area contributed by atoms with Crippen molar-refractivity contribution in [1.29, 1.82) is 0 Å².